The second-order valence-corrected chi connectivity index (χ2v) is 7.44. The summed E-state index contributed by atoms with van der Waals surface area (Å²) in [5.74, 6) is -0.588. The normalized spacial score (nSPS) is 18.3. The Balaban J connectivity index is 2.33. The molecule has 2 heterocycles. The van der Waals surface area contributed by atoms with Gasteiger partial charge < -0.3 is 19.4 Å². The first kappa shape index (κ1) is 21.1. The second kappa shape index (κ2) is 8.23. The van der Waals surface area contributed by atoms with Crippen LogP contribution in [-0.4, -0.2) is 48.3 Å². The number of carbonyl (C=O) groups excluding carboxylic acids is 2. The van der Waals surface area contributed by atoms with Crippen LogP contribution in [-0.2, 0) is 18.8 Å². The molecule has 0 aliphatic carbocycles. The van der Waals surface area contributed by atoms with Crippen LogP contribution in [0, 0.1) is 0 Å². The largest absolute Gasteiger partial charge is 0.492 e. The summed E-state index contributed by atoms with van der Waals surface area (Å²) < 4.78 is 17.2. The van der Waals surface area contributed by atoms with Crippen molar-refractivity contribution in [1.82, 2.24) is 10.3 Å². The Morgan fingerprint density at radius 3 is 2.41 bits per heavy atom. The van der Waals surface area contributed by atoms with Crippen molar-refractivity contribution in [2.24, 2.45) is 0 Å². The maximum Gasteiger partial charge on any atom is 0.492 e. The third kappa shape index (κ3) is 5.17. The van der Waals surface area contributed by atoms with Gasteiger partial charge in [-0.05, 0) is 51.7 Å². The van der Waals surface area contributed by atoms with Crippen molar-refractivity contribution >= 4 is 25.1 Å². The van der Waals surface area contributed by atoms with Crippen molar-refractivity contribution in [1.29, 1.82) is 0 Å². The smallest absolute Gasteiger partial charge is 0.462 e. The molecule has 1 aromatic heterocycles. The molecule has 27 heavy (non-hydrogen) atoms. The summed E-state index contributed by atoms with van der Waals surface area (Å²) in [4.78, 5) is 27.4. The maximum absolute atomic E-state index is 11.9. The molecular weight excluding hydrogens is 347 g/mol. The highest BCUT2D eigenvalue weighted by atomic mass is 16.7. The van der Waals surface area contributed by atoms with Gasteiger partial charge in [0.2, 0.25) is 5.91 Å². The van der Waals surface area contributed by atoms with Crippen LogP contribution < -0.4 is 5.32 Å². The van der Waals surface area contributed by atoms with Gasteiger partial charge in [-0.15, -0.1) is 0 Å². The Morgan fingerprint density at radius 2 is 1.85 bits per heavy atom. The quantitative estimate of drug-likeness (QED) is 0.608. The zero-order chi connectivity index (χ0) is 20.2. The summed E-state index contributed by atoms with van der Waals surface area (Å²) in [7, 11) is -0.618. The molecule has 1 aromatic rings. The van der Waals surface area contributed by atoms with Gasteiger partial charge in [-0.2, -0.15) is 0 Å². The molecule has 0 atom stereocenters. The number of hydrogen-bond acceptors (Lipinski definition) is 6. The van der Waals surface area contributed by atoms with Gasteiger partial charge >= 0.3 is 13.1 Å². The van der Waals surface area contributed by atoms with Crippen LogP contribution in [0.2, 0.25) is 0 Å². The first-order chi connectivity index (χ1) is 12.6. The van der Waals surface area contributed by atoms with Gasteiger partial charge in [-0.1, -0.05) is 6.08 Å². The molecule has 0 aromatic carbocycles. The SMILES string of the molecule is CCOC(=O)c1cncc(C=C(CNC(C)=O)B2OC(C)(C)C(C)(C)O2)c1. The van der Waals surface area contributed by atoms with Crippen LogP contribution in [0.15, 0.2) is 23.9 Å². The molecule has 8 heteroatoms. The number of hydrogen-bond donors (Lipinski definition) is 1. The molecule has 2 rings (SSSR count). The van der Waals surface area contributed by atoms with E-state index in [1.54, 1.807) is 19.2 Å². The molecule has 1 aliphatic rings. The van der Waals surface area contributed by atoms with E-state index in [1.807, 2.05) is 33.8 Å². The number of nitrogens with zero attached hydrogens (tertiary/aromatic N) is 1. The fourth-order valence-electron chi connectivity index (χ4n) is 2.50. The summed E-state index contributed by atoms with van der Waals surface area (Å²) >= 11 is 0. The van der Waals surface area contributed by atoms with Crippen LogP contribution in [0.4, 0.5) is 0 Å². The fraction of sp³-hybridized carbons (Fsp3) is 0.526. The van der Waals surface area contributed by atoms with Gasteiger partial charge in [0.15, 0.2) is 0 Å². The summed E-state index contributed by atoms with van der Waals surface area (Å²) in [6.07, 6.45) is 4.90. The van der Waals surface area contributed by atoms with Crippen LogP contribution in [0.1, 0.15) is 57.5 Å². The standard InChI is InChI=1S/C19H27BN2O5/c1-7-25-17(24)15-8-14(10-21-11-15)9-16(12-22-13(2)23)20-26-18(3,4)19(5,6)27-20/h8-11H,7,12H2,1-6H3,(H,22,23). The molecular formula is C19H27BN2O5. The summed E-state index contributed by atoms with van der Waals surface area (Å²) in [5, 5.41) is 2.78. The van der Waals surface area contributed by atoms with Gasteiger partial charge in [0.1, 0.15) is 0 Å². The molecule has 7 nitrogen and oxygen atoms in total. The van der Waals surface area contributed by atoms with Crippen LogP contribution in [0.5, 0.6) is 0 Å². The highest BCUT2D eigenvalue weighted by Gasteiger charge is 2.52. The monoisotopic (exact) mass is 374 g/mol. The number of amides is 1. The lowest BCUT2D eigenvalue weighted by atomic mass is 9.77. The molecule has 0 radical (unpaired) electrons. The molecule has 1 N–H and O–H groups in total. The van der Waals surface area contributed by atoms with E-state index in [9.17, 15) is 9.59 Å². The van der Waals surface area contributed by atoms with Crippen molar-refractivity contribution in [2.45, 2.75) is 52.7 Å². The van der Waals surface area contributed by atoms with E-state index < -0.39 is 24.3 Å². The highest BCUT2D eigenvalue weighted by molar-refractivity contribution is 6.56. The Hall–Kier alpha value is -2.19. The molecule has 0 saturated carbocycles. The minimum Gasteiger partial charge on any atom is -0.462 e. The van der Waals surface area contributed by atoms with Crippen molar-refractivity contribution in [3.8, 4) is 0 Å². The van der Waals surface area contributed by atoms with Gasteiger partial charge in [-0.25, -0.2) is 4.79 Å². The number of pyridine rings is 1. The van der Waals surface area contributed by atoms with Crippen molar-refractivity contribution < 1.29 is 23.6 Å². The van der Waals surface area contributed by atoms with E-state index in [4.69, 9.17) is 14.0 Å². The van der Waals surface area contributed by atoms with E-state index in [1.165, 1.54) is 13.1 Å². The third-order valence-corrected chi connectivity index (χ3v) is 4.72. The van der Waals surface area contributed by atoms with E-state index in [-0.39, 0.29) is 12.5 Å². The van der Waals surface area contributed by atoms with Crippen molar-refractivity contribution in [3.63, 3.8) is 0 Å². The Kier molecular flexibility index (Phi) is 6.44. The zero-order valence-electron chi connectivity index (χ0n) is 16.8. The number of aromatic nitrogens is 1. The molecule has 0 unspecified atom stereocenters. The third-order valence-electron chi connectivity index (χ3n) is 4.72. The van der Waals surface area contributed by atoms with Crippen LogP contribution in [0.25, 0.3) is 6.08 Å². The molecule has 1 saturated heterocycles. The van der Waals surface area contributed by atoms with E-state index in [2.05, 4.69) is 10.3 Å². The number of carbonyl (C=O) groups is 2. The lowest BCUT2D eigenvalue weighted by molar-refractivity contribution is -0.118. The van der Waals surface area contributed by atoms with Gasteiger partial charge in [0.05, 0.1) is 23.4 Å². The molecule has 1 fully saturated rings. The lowest BCUT2D eigenvalue weighted by Crippen LogP contribution is -2.41. The van der Waals surface area contributed by atoms with E-state index >= 15 is 0 Å². The second-order valence-electron chi connectivity index (χ2n) is 7.44. The van der Waals surface area contributed by atoms with Crippen molar-refractivity contribution in [3.05, 3.63) is 35.1 Å². The minimum atomic E-state index is -0.618. The molecule has 1 aliphatic heterocycles. The number of rotatable bonds is 6. The van der Waals surface area contributed by atoms with Gasteiger partial charge in [-0.3, -0.25) is 9.78 Å². The number of ether oxygens (including phenoxy) is 1. The fourth-order valence-corrected chi connectivity index (χ4v) is 2.50. The predicted octanol–water partition coefficient (Wildman–Crippen LogP) is 2.41. The number of nitrogens with one attached hydrogen (secondary N) is 1. The average Bonchev–Trinajstić information content (AvgIpc) is 2.79. The summed E-state index contributed by atoms with van der Waals surface area (Å²) in [6, 6.07) is 1.68. The van der Waals surface area contributed by atoms with Crippen LogP contribution in [0.3, 0.4) is 0 Å². The topological polar surface area (TPSA) is 86.8 Å². The molecule has 0 spiro atoms. The Bertz CT molecular complexity index is 729. The number of esters is 1. The summed E-state index contributed by atoms with van der Waals surface area (Å²) in [5.41, 5.74) is 0.774. The van der Waals surface area contributed by atoms with E-state index in [0.717, 1.165) is 5.47 Å². The first-order valence-electron chi connectivity index (χ1n) is 8.98. The van der Waals surface area contributed by atoms with Gasteiger partial charge in [0.25, 0.3) is 0 Å². The summed E-state index contributed by atoms with van der Waals surface area (Å²) in [6.45, 7) is 11.6. The lowest BCUT2D eigenvalue weighted by Gasteiger charge is -2.32. The van der Waals surface area contributed by atoms with E-state index in [0.29, 0.717) is 17.7 Å². The minimum absolute atomic E-state index is 0.157. The predicted molar refractivity (Wildman–Crippen MR) is 103 cm³/mol. The Labute approximate surface area is 160 Å². The molecule has 1 amide bonds. The van der Waals surface area contributed by atoms with Crippen molar-refractivity contribution in [2.75, 3.05) is 13.2 Å². The first-order valence-corrected chi connectivity index (χ1v) is 8.98. The molecule has 0 bridgehead atoms. The average molecular weight is 374 g/mol. The zero-order valence-corrected chi connectivity index (χ0v) is 16.8. The maximum atomic E-state index is 11.9. The highest BCUT2D eigenvalue weighted by Crippen LogP contribution is 2.38. The Morgan fingerprint density at radius 1 is 1.22 bits per heavy atom. The van der Waals surface area contributed by atoms with Crippen LogP contribution >= 0.6 is 0 Å². The van der Waals surface area contributed by atoms with Gasteiger partial charge in [0, 0.05) is 25.9 Å². The molecule has 146 valence electrons.